The zero-order valence-corrected chi connectivity index (χ0v) is 11.3. The molecular weight excluding hydrogens is 250 g/mol. The fourth-order valence-corrected chi connectivity index (χ4v) is 1.63. The minimum Gasteiger partial charge on any atom is -0.467 e. The summed E-state index contributed by atoms with van der Waals surface area (Å²) < 4.78 is 6.08. The van der Waals surface area contributed by atoms with Crippen molar-refractivity contribution < 1.29 is 19.4 Å². The van der Waals surface area contributed by atoms with Crippen LogP contribution in [0, 0.1) is 13.8 Å². The molecular formula is C12H19N3O4. The summed E-state index contributed by atoms with van der Waals surface area (Å²) in [5.41, 5.74) is 1.89. The maximum absolute atomic E-state index is 11.5. The van der Waals surface area contributed by atoms with E-state index >= 15 is 0 Å². The summed E-state index contributed by atoms with van der Waals surface area (Å²) in [6.45, 7) is 4.11. The molecule has 0 fully saturated rings. The largest absolute Gasteiger partial charge is 0.467 e. The van der Waals surface area contributed by atoms with E-state index in [0.29, 0.717) is 6.54 Å². The van der Waals surface area contributed by atoms with Gasteiger partial charge in [0, 0.05) is 18.7 Å². The second kappa shape index (κ2) is 6.89. The second-order valence-corrected chi connectivity index (χ2v) is 4.24. The zero-order chi connectivity index (χ0) is 14.4. The SMILES string of the molecule is COC(=O)C(O)CNC(=O)CCn1nc(C)cc1C. The normalized spacial score (nSPS) is 12.0. The number of amides is 1. The van der Waals surface area contributed by atoms with Crippen LogP contribution in [0.5, 0.6) is 0 Å². The summed E-state index contributed by atoms with van der Waals surface area (Å²) in [5, 5.41) is 16.0. The second-order valence-electron chi connectivity index (χ2n) is 4.24. The van der Waals surface area contributed by atoms with Crippen molar-refractivity contribution in [2.45, 2.75) is 32.9 Å². The van der Waals surface area contributed by atoms with E-state index < -0.39 is 12.1 Å². The zero-order valence-electron chi connectivity index (χ0n) is 11.3. The molecule has 106 valence electrons. The third-order valence-corrected chi connectivity index (χ3v) is 2.62. The van der Waals surface area contributed by atoms with E-state index in [-0.39, 0.29) is 18.9 Å². The van der Waals surface area contributed by atoms with Crippen molar-refractivity contribution in [2.75, 3.05) is 13.7 Å². The average Bonchev–Trinajstić information content (AvgIpc) is 2.70. The Labute approximate surface area is 111 Å². The van der Waals surface area contributed by atoms with Crippen LogP contribution >= 0.6 is 0 Å². The van der Waals surface area contributed by atoms with Crippen molar-refractivity contribution >= 4 is 11.9 Å². The number of aryl methyl sites for hydroxylation is 3. The minimum atomic E-state index is -1.33. The number of rotatable bonds is 6. The third-order valence-electron chi connectivity index (χ3n) is 2.62. The smallest absolute Gasteiger partial charge is 0.336 e. The van der Waals surface area contributed by atoms with Gasteiger partial charge in [0.2, 0.25) is 5.91 Å². The number of esters is 1. The van der Waals surface area contributed by atoms with Crippen LogP contribution < -0.4 is 5.32 Å². The average molecular weight is 269 g/mol. The number of nitrogens with one attached hydrogen (secondary N) is 1. The lowest BCUT2D eigenvalue weighted by molar-refractivity contribution is -0.150. The lowest BCUT2D eigenvalue weighted by Crippen LogP contribution is -2.37. The third kappa shape index (κ3) is 4.70. The van der Waals surface area contributed by atoms with E-state index in [4.69, 9.17) is 0 Å². The number of aliphatic hydroxyl groups is 1. The van der Waals surface area contributed by atoms with Gasteiger partial charge in [0.15, 0.2) is 6.10 Å². The molecule has 1 aromatic heterocycles. The monoisotopic (exact) mass is 269 g/mol. The number of hydrogen-bond acceptors (Lipinski definition) is 5. The molecule has 0 spiro atoms. The fraction of sp³-hybridized carbons (Fsp3) is 0.583. The molecule has 1 heterocycles. The first kappa shape index (κ1) is 15.2. The van der Waals surface area contributed by atoms with Gasteiger partial charge >= 0.3 is 5.97 Å². The summed E-state index contributed by atoms with van der Waals surface area (Å²) in [7, 11) is 1.18. The molecule has 19 heavy (non-hydrogen) atoms. The van der Waals surface area contributed by atoms with Gasteiger partial charge in [-0.2, -0.15) is 5.10 Å². The lowest BCUT2D eigenvalue weighted by atomic mass is 10.3. The maximum Gasteiger partial charge on any atom is 0.336 e. The number of nitrogens with zero attached hydrogens (tertiary/aromatic N) is 2. The van der Waals surface area contributed by atoms with E-state index in [0.717, 1.165) is 11.4 Å². The van der Waals surface area contributed by atoms with Crippen LogP contribution in [0.15, 0.2) is 6.07 Å². The molecule has 1 rings (SSSR count). The van der Waals surface area contributed by atoms with E-state index in [1.54, 1.807) is 4.68 Å². The van der Waals surface area contributed by atoms with Gasteiger partial charge in [-0.25, -0.2) is 4.79 Å². The van der Waals surface area contributed by atoms with Gasteiger partial charge in [-0.05, 0) is 19.9 Å². The van der Waals surface area contributed by atoms with Crippen LogP contribution in [-0.2, 0) is 20.9 Å². The minimum absolute atomic E-state index is 0.150. The van der Waals surface area contributed by atoms with Crippen molar-refractivity contribution in [3.63, 3.8) is 0 Å². The first-order valence-electron chi connectivity index (χ1n) is 5.97. The van der Waals surface area contributed by atoms with Gasteiger partial charge in [-0.3, -0.25) is 9.48 Å². The highest BCUT2D eigenvalue weighted by Crippen LogP contribution is 2.02. The molecule has 7 heteroatoms. The van der Waals surface area contributed by atoms with E-state index in [1.807, 2.05) is 19.9 Å². The number of aromatic nitrogens is 2. The molecule has 0 aliphatic rings. The Bertz CT molecular complexity index is 456. The number of carbonyl (C=O) groups excluding carboxylic acids is 2. The Hall–Kier alpha value is -1.89. The number of hydrogen-bond donors (Lipinski definition) is 2. The number of methoxy groups -OCH3 is 1. The molecule has 0 aliphatic heterocycles. The van der Waals surface area contributed by atoms with Crippen molar-refractivity contribution in [2.24, 2.45) is 0 Å². The predicted molar refractivity (Wildman–Crippen MR) is 67.4 cm³/mol. The molecule has 0 aliphatic carbocycles. The Morgan fingerprint density at radius 1 is 1.53 bits per heavy atom. The number of ether oxygens (including phenoxy) is 1. The van der Waals surface area contributed by atoms with Crippen LogP contribution in [0.2, 0.25) is 0 Å². The van der Waals surface area contributed by atoms with Gasteiger partial charge in [0.25, 0.3) is 0 Å². The molecule has 0 saturated heterocycles. The first-order valence-corrected chi connectivity index (χ1v) is 5.97. The Kier molecular flexibility index (Phi) is 5.50. The quantitative estimate of drug-likeness (QED) is 0.682. The maximum atomic E-state index is 11.5. The van der Waals surface area contributed by atoms with Crippen molar-refractivity contribution in [3.05, 3.63) is 17.5 Å². The van der Waals surface area contributed by atoms with Gasteiger partial charge in [0.05, 0.1) is 19.3 Å². The Morgan fingerprint density at radius 2 is 2.21 bits per heavy atom. The van der Waals surface area contributed by atoms with Gasteiger partial charge < -0.3 is 15.2 Å². The highest BCUT2D eigenvalue weighted by molar-refractivity contribution is 5.78. The molecule has 1 amide bonds. The molecule has 7 nitrogen and oxygen atoms in total. The van der Waals surface area contributed by atoms with Crippen molar-refractivity contribution in [1.29, 1.82) is 0 Å². The Balaban J connectivity index is 2.32. The molecule has 0 bridgehead atoms. The number of carbonyl (C=O) groups is 2. The first-order chi connectivity index (χ1) is 8.93. The molecule has 2 N–H and O–H groups in total. The van der Waals surface area contributed by atoms with Gasteiger partial charge in [-0.1, -0.05) is 0 Å². The van der Waals surface area contributed by atoms with Gasteiger partial charge in [0.1, 0.15) is 0 Å². The Morgan fingerprint density at radius 3 is 2.74 bits per heavy atom. The predicted octanol–water partition coefficient (Wildman–Crippen LogP) is -0.460. The molecule has 1 aromatic rings. The summed E-state index contributed by atoms with van der Waals surface area (Å²) >= 11 is 0. The molecule has 0 saturated carbocycles. The number of aliphatic hydroxyl groups excluding tert-OH is 1. The van der Waals surface area contributed by atoms with Crippen molar-refractivity contribution in [1.82, 2.24) is 15.1 Å². The summed E-state index contributed by atoms with van der Waals surface area (Å²) in [6.07, 6.45) is -1.10. The van der Waals surface area contributed by atoms with Crippen LogP contribution in [0.25, 0.3) is 0 Å². The summed E-state index contributed by atoms with van der Waals surface area (Å²) in [5.74, 6) is -1.02. The van der Waals surface area contributed by atoms with Crippen molar-refractivity contribution in [3.8, 4) is 0 Å². The van der Waals surface area contributed by atoms with Crippen LogP contribution in [0.4, 0.5) is 0 Å². The molecule has 1 unspecified atom stereocenters. The summed E-state index contributed by atoms with van der Waals surface area (Å²) in [6, 6.07) is 1.93. The van der Waals surface area contributed by atoms with Crippen LogP contribution in [0.1, 0.15) is 17.8 Å². The molecule has 0 aromatic carbocycles. The fourth-order valence-electron chi connectivity index (χ4n) is 1.63. The van der Waals surface area contributed by atoms with Crippen LogP contribution in [0.3, 0.4) is 0 Å². The summed E-state index contributed by atoms with van der Waals surface area (Å²) in [4.78, 5) is 22.4. The van der Waals surface area contributed by atoms with E-state index in [1.165, 1.54) is 7.11 Å². The van der Waals surface area contributed by atoms with E-state index in [9.17, 15) is 14.7 Å². The van der Waals surface area contributed by atoms with Gasteiger partial charge in [-0.15, -0.1) is 0 Å². The standard InChI is InChI=1S/C12H19N3O4/c1-8-6-9(2)15(14-8)5-4-11(17)13-7-10(16)12(18)19-3/h6,10,16H,4-5,7H2,1-3H3,(H,13,17). The topological polar surface area (TPSA) is 93.5 Å². The molecule has 0 radical (unpaired) electrons. The molecule has 1 atom stereocenters. The van der Waals surface area contributed by atoms with E-state index in [2.05, 4.69) is 15.2 Å². The highest BCUT2D eigenvalue weighted by atomic mass is 16.5. The van der Waals surface area contributed by atoms with Crippen LogP contribution in [-0.4, -0.2) is 46.5 Å². The highest BCUT2D eigenvalue weighted by Gasteiger charge is 2.16. The lowest BCUT2D eigenvalue weighted by Gasteiger charge is -2.10.